The minimum atomic E-state index is -0.680. The highest BCUT2D eigenvalue weighted by Crippen LogP contribution is 2.28. The highest BCUT2D eigenvalue weighted by atomic mass is 79.9. The molecule has 0 atom stereocenters. The molecule has 0 aliphatic rings. The Morgan fingerprint density at radius 3 is 1.41 bits per heavy atom. The molecule has 0 amide bonds. The monoisotopic (exact) mass is 597 g/mol. The summed E-state index contributed by atoms with van der Waals surface area (Å²) >= 11 is 3.28. The molecule has 37 heavy (non-hydrogen) atoms. The van der Waals surface area contributed by atoms with Gasteiger partial charge in [0.25, 0.3) is 11.4 Å². The number of nitrogens with one attached hydrogen (secondary N) is 1. The van der Waals surface area contributed by atoms with Gasteiger partial charge in [0.15, 0.2) is 0 Å². The minimum Gasteiger partial charge on any atom is -0.378 e. The second kappa shape index (κ2) is 23.2. The van der Waals surface area contributed by atoms with Gasteiger partial charge in [-0.2, -0.15) is 0 Å². The molecule has 1 N–H and O–H groups in total. The van der Waals surface area contributed by atoms with Crippen molar-refractivity contribution < 1.29 is 43.0 Å². The Morgan fingerprint density at radius 1 is 0.622 bits per heavy atom. The van der Waals surface area contributed by atoms with E-state index in [4.69, 9.17) is 33.2 Å². The standard InChI is InChI=1S/C22H36BrN3O11/c23-3-5-31-7-9-33-11-13-35-15-17-37-18-16-36-14-12-34-10-8-32-6-4-24-21-2-1-20(25(27)28)19-22(21)26(29)30/h1-2,19,24H,3-18H2. The van der Waals surface area contributed by atoms with Crippen molar-refractivity contribution in [3.05, 3.63) is 38.4 Å². The van der Waals surface area contributed by atoms with Crippen LogP contribution in [0, 0.1) is 20.2 Å². The molecule has 0 unspecified atom stereocenters. The van der Waals surface area contributed by atoms with E-state index >= 15 is 0 Å². The number of non-ortho nitro benzene ring substituents is 1. The van der Waals surface area contributed by atoms with Gasteiger partial charge in [0.05, 0.1) is 108 Å². The quantitative estimate of drug-likeness (QED) is 0.0718. The van der Waals surface area contributed by atoms with E-state index in [-0.39, 0.29) is 23.7 Å². The number of alkyl halides is 1. The molecule has 0 fully saturated rings. The SMILES string of the molecule is O=[N+]([O-])c1ccc(NCCOCCOCCOCCOCCOCCOCCOCCBr)c([N+](=O)[O-])c1. The van der Waals surface area contributed by atoms with Crippen LogP contribution in [0.15, 0.2) is 18.2 Å². The fraction of sp³-hybridized carbons (Fsp3) is 0.727. The Hall–Kier alpha value is -1.98. The smallest absolute Gasteiger partial charge is 0.299 e. The first-order valence-electron chi connectivity index (χ1n) is 11.8. The molecule has 15 heteroatoms. The molecule has 0 bridgehead atoms. The summed E-state index contributed by atoms with van der Waals surface area (Å²) in [6.45, 7) is 6.91. The number of benzene rings is 1. The Kier molecular flexibility index (Phi) is 20.7. The molecule has 0 saturated heterocycles. The van der Waals surface area contributed by atoms with Gasteiger partial charge < -0.3 is 38.5 Å². The van der Waals surface area contributed by atoms with E-state index in [1.807, 2.05) is 0 Å². The zero-order valence-electron chi connectivity index (χ0n) is 20.8. The highest BCUT2D eigenvalue weighted by Gasteiger charge is 2.18. The van der Waals surface area contributed by atoms with Gasteiger partial charge in [0.1, 0.15) is 5.69 Å². The molecule has 0 spiro atoms. The summed E-state index contributed by atoms with van der Waals surface area (Å²) in [5, 5.41) is 25.5. The van der Waals surface area contributed by atoms with Crippen molar-refractivity contribution in [2.45, 2.75) is 0 Å². The fourth-order valence-electron chi connectivity index (χ4n) is 2.67. The zero-order valence-corrected chi connectivity index (χ0v) is 22.4. The highest BCUT2D eigenvalue weighted by molar-refractivity contribution is 9.09. The van der Waals surface area contributed by atoms with Crippen LogP contribution in [0.3, 0.4) is 0 Å². The maximum atomic E-state index is 11.1. The summed E-state index contributed by atoms with van der Waals surface area (Å²) in [7, 11) is 0. The second-order valence-electron chi connectivity index (χ2n) is 7.12. The third kappa shape index (κ3) is 18.0. The van der Waals surface area contributed by atoms with Crippen LogP contribution in [0.2, 0.25) is 0 Å². The topological polar surface area (TPSA) is 163 Å². The Balaban J connectivity index is 1.84. The molecule has 0 aromatic heterocycles. The number of halogens is 1. The number of ether oxygens (including phenoxy) is 7. The van der Waals surface area contributed by atoms with Gasteiger partial charge in [-0.25, -0.2) is 0 Å². The van der Waals surface area contributed by atoms with Crippen LogP contribution in [0.5, 0.6) is 0 Å². The molecule has 0 saturated carbocycles. The molecule has 212 valence electrons. The average Bonchev–Trinajstić information content (AvgIpc) is 2.89. The Bertz CT molecular complexity index is 746. The maximum absolute atomic E-state index is 11.1. The zero-order chi connectivity index (χ0) is 27.0. The summed E-state index contributed by atoms with van der Waals surface area (Å²) < 4.78 is 37.6. The average molecular weight is 598 g/mol. The summed E-state index contributed by atoms with van der Waals surface area (Å²) in [6, 6.07) is 3.43. The number of hydrogen-bond donors (Lipinski definition) is 1. The molecular weight excluding hydrogens is 562 g/mol. The van der Waals surface area contributed by atoms with E-state index in [0.29, 0.717) is 92.4 Å². The molecule has 14 nitrogen and oxygen atoms in total. The lowest BCUT2D eigenvalue weighted by atomic mass is 10.2. The van der Waals surface area contributed by atoms with Gasteiger partial charge in [0, 0.05) is 17.9 Å². The number of rotatable bonds is 26. The first kappa shape index (κ1) is 33.0. The molecular formula is C22H36BrN3O11. The molecule has 1 aromatic carbocycles. The van der Waals surface area contributed by atoms with Crippen molar-refractivity contribution in [2.75, 3.05) is 110 Å². The van der Waals surface area contributed by atoms with Crippen LogP contribution < -0.4 is 5.32 Å². The first-order chi connectivity index (χ1) is 18.1. The number of hydrogen-bond acceptors (Lipinski definition) is 12. The molecule has 0 aliphatic heterocycles. The fourth-order valence-corrected chi connectivity index (χ4v) is 2.90. The van der Waals surface area contributed by atoms with Gasteiger partial charge in [-0.1, -0.05) is 15.9 Å². The third-order valence-electron chi connectivity index (χ3n) is 4.40. The molecule has 1 aromatic rings. The lowest BCUT2D eigenvalue weighted by molar-refractivity contribution is -0.393. The van der Waals surface area contributed by atoms with Crippen LogP contribution in [0.25, 0.3) is 0 Å². The molecule has 0 heterocycles. The van der Waals surface area contributed by atoms with Crippen LogP contribution >= 0.6 is 15.9 Å². The van der Waals surface area contributed by atoms with E-state index in [1.54, 1.807) is 0 Å². The summed E-state index contributed by atoms with van der Waals surface area (Å²) in [6.07, 6.45) is 0. The second-order valence-corrected chi connectivity index (χ2v) is 7.91. The van der Waals surface area contributed by atoms with E-state index in [0.717, 1.165) is 11.4 Å². The van der Waals surface area contributed by atoms with Gasteiger partial charge in [-0.05, 0) is 6.07 Å². The number of nitrogens with zero attached hydrogens (tertiary/aromatic N) is 2. The van der Waals surface area contributed by atoms with Crippen LogP contribution in [0.1, 0.15) is 0 Å². The van der Waals surface area contributed by atoms with E-state index in [9.17, 15) is 20.2 Å². The van der Waals surface area contributed by atoms with E-state index < -0.39 is 9.85 Å². The third-order valence-corrected chi connectivity index (χ3v) is 4.73. The lowest BCUT2D eigenvalue weighted by Crippen LogP contribution is -2.15. The van der Waals surface area contributed by atoms with Crippen LogP contribution in [0.4, 0.5) is 17.1 Å². The van der Waals surface area contributed by atoms with Crippen LogP contribution in [-0.4, -0.2) is 114 Å². The van der Waals surface area contributed by atoms with Gasteiger partial charge in [-0.15, -0.1) is 0 Å². The van der Waals surface area contributed by atoms with E-state index in [1.165, 1.54) is 12.1 Å². The molecule has 0 radical (unpaired) electrons. The Morgan fingerprint density at radius 2 is 1.03 bits per heavy atom. The molecule has 1 rings (SSSR count). The number of nitro benzene ring substituents is 2. The lowest BCUT2D eigenvalue weighted by Gasteiger charge is -2.09. The number of anilines is 1. The largest absolute Gasteiger partial charge is 0.378 e. The van der Waals surface area contributed by atoms with Crippen LogP contribution in [-0.2, 0) is 33.2 Å². The summed E-state index contributed by atoms with van der Waals surface area (Å²) in [4.78, 5) is 20.5. The summed E-state index contributed by atoms with van der Waals surface area (Å²) in [5.41, 5.74) is -0.509. The van der Waals surface area contributed by atoms with Crippen molar-refractivity contribution in [3.63, 3.8) is 0 Å². The summed E-state index contributed by atoms with van der Waals surface area (Å²) in [5.74, 6) is 0. The molecule has 0 aliphatic carbocycles. The maximum Gasteiger partial charge on any atom is 0.299 e. The van der Waals surface area contributed by atoms with Crippen molar-refractivity contribution in [3.8, 4) is 0 Å². The number of nitro groups is 2. The van der Waals surface area contributed by atoms with Crippen molar-refractivity contribution in [1.82, 2.24) is 0 Å². The normalized spacial score (nSPS) is 11.1. The van der Waals surface area contributed by atoms with Crippen molar-refractivity contribution in [2.24, 2.45) is 0 Å². The minimum absolute atomic E-state index is 0.192. The van der Waals surface area contributed by atoms with Gasteiger partial charge in [0.2, 0.25) is 0 Å². The van der Waals surface area contributed by atoms with Gasteiger partial charge in [-0.3, -0.25) is 20.2 Å². The predicted molar refractivity (Wildman–Crippen MR) is 138 cm³/mol. The first-order valence-corrected chi connectivity index (χ1v) is 12.9. The predicted octanol–water partition coefficient (Wildman–Crippen LogP) is 2.43. The Labute approximate surface area is 224 Å². The van der Waals surface area contributed by atoms with Gasteiger partial charge >= 0.3 is 0 Å². The van der Waals surface area contributed by atoms with Crippen molar-refractivity contribution in [1.29, 1.82) is 0 Å². The van der Waals surface area contributed by atoms with E-state index in [2.05, 4.69) is 21.2 Å². The van der Waals surface area contributed by atoms with Crippen molar-refractivity contribution >= 4 is 33.0 Å².